The Hall–Kier alpha value is -4.39. The van der Waals surface area contributed by atoms with Crippen LogP contribution in [0.4, 0.5) is 10.6 Å². The Kier molecular flexibility index (Phi) is 6.54. The van der Waals surface area contributed by atoms with E-state index in [0.29, 0.717) is 46.7 Å². The minimum Gasteiger partial charge on any atom is -0.496 e. The minimum atomic E-state index is -0.583. The predicted molar refractivity (Wildman–Crippen MR) is 147 cm³/mol. The van der Waals surface area contributed by atoms with Crippen LogP contribution in [-0.4, -0.2) is 52.4 Å². The van der Waals surface area contributed by atoms with Crippen LogP contribution in [0.25, 0.3) is 27.7 Å². The van der Waals surface area contributed by atoms with E-state index < -0.39 is 5.60 Å². The molecule has 1 atom stereocenters. The summed E-state index contributed by atoms with van der Waals surface area (Å²) in [6, 6.07) is 7.84. The van der Waals surface area contributed by atoms with E-state index in [2.05, 4.69) is 6.07 Å². The summed E-state index contributed by atoms with van der Waals surface area (Å²) >= 11 is 0. The van der Waals surface area contributed by atoms with Crippen LogP contribution in [-0.2, 0) is 4.74 Å². The molecule has 4 aromatic rings. The van der Waals surface area contributed by atoms with Gasteiger partial charge in [-0.1, -0.05) is 6.07 Å². The number of nitrogen functional groups attached to an aromatic ring is 1. The Morgan fingerprint density at radius 3 is 2.72 bits per heavy atom. The summed E-state index contributed by atoms with van der Waals surface area (Å²) in [6.07, 6.45) is 2.40. The number of carbonyl (C=O) groups excluding carboxylic acids is 1. The third kappa shape index (κ3) is 4.58. The monoisotopic (exact) mass is 531 g/mol. The lowest BCUT2D eigenvalue weighted by molar-refractivity contribution is 0.00745. The lowest BCUT2D eigenvalue weighted by Crippen LogP contribution is -2.46. The van der Waals surface area contributed by atoms with Gasteiger partial charge in [-0.3, -0.25) is 4.57 Å². The van der Waals surface area contributed by atoms with E-state index in [0.717, 1.165) is 29.7 Å². The van der Waals surface area contributed by atoms with Gasteiger partial charge in [-0.15, -0.1) is 0 Å². The molecular weight excluding hydrogens is 498 g/mol. The standard InChI is InChI=1S/C29H33N5O5/c1-16-9-10-21(36-6)17(2)23(16)34-25(31)20(14-30)22-24-19(11-13-37-24)27(32-26(22)34)38-18-8-7-12-33(15-18)28(35)39-29(3,4)5/h9-11,13,18H,7-8,12,15,31H2,1-6H3/t18-/m0/s1. The van der Waals surface area contributed by atoms with Gasteiger partial charge in [0.15, 0.2) is 11.2 Å². The molecule has 39 heavy (non-hydrogen) atoms. The number of piperidine rings is 1. The highest BCUT2D eigenvalue weighted by Gasteiger charge is 2.31. The van der Waals surface area contributed by atoms with Crippen molar-refractivity contribution in [3.8, 4) is 23.4 Å². The zero-order valence-electron chi connectivity index (χ0n) is 23.1. The van der Waals surface area contributed by atoms with Crippen LogP contribution in [0.1, 0.15) is 50.3 Å². The molecule has 0 radical (unpaired) electrons. The summed E-state index contributed by atoms with van der Waals surface area (Å²) in [5.74, 6) is 1.29. The molecule has 10 nitrogen and oxygen atoms in total. The first kappa shape index (κ1) is 26.2. The van der Waals surface area contributed by atoms with Gasteiger partial charge in [0.2, 0.25) is 5.88 Å². The molecule has 10 heteroatoms. The van der Waals surface area contributed by atoms with Gasteiger partial charge in [0.25, 0.3) is 0 Å². The predicted octanol–water partition coefficient (Wildman–Crippen LogP) is 5.63. The van der Waals surface area contributed by atoms with Crippen molar-refractivity contribution in [2.45, 2.75) is 59.2 Å². The highest BCUT2D eigenvalue weighted by molar-refractivity contribution is 6.09. The number of amides is 1. The molecule has 1 amide bonds. The highest BCUT2D eigenvalue weighted by Crippen LogP contribution is 2.41. The number of carbonyl (C=O) groups is 1. The zero-order valence-corrected chi connectivity index (χ0v) is 23.1. The van der Waals surface area contributed by atoms with Crippen molar-refractivity contribution in [3.05, 3.63) is 41.2 Å². The number of pyridine rings is 1. The fraction of sp³-hybridized carbons (Fsp3) is 0.414. The molecule has 1 saturated heterocycles. The van der Waals surface area contributed by atoms with E-state index in [-0.39, 0.29) is 23.6 Å². The number of nitrogens with two attached hydrogens (primary N) is 1. The number of nitrogens with zero attached hydrogens (tertiary/aromatic N) is 4. The number of methoxy groups -OCH3 is 1. The van der Waals surface area contributed by atoms with E-state index in [4.69, 9.17) is 29.3 Å². The fourth-order valence-corrected chi connectivity index (χ4v) is 5.22. The third-order valence-corrected chi connectivity index (χ3v) is 6.96. The van der Waals surface area contributed by atoms with Gasteiger partial charge in [-0.25, -0.2) is 4.79 Å². The first-order valence-electron chi connectivity index (χ1n) is 12.9. The van der Waals surface area contributed by atoms with Gasteiger partial charge in [0.1, 0.15) is 34.9 Å². The van der Waals surface area contributed by atoms with Crippen molar-refractivity contribution >= 4 is 33.9 Å². The summed E-state index contributed by atoms with van der Waals surface area (Å²) in [4.78, 5) is 19.3. The van der Waals surface area contributed by atoms with Crippen molar-refractivity contribution in [2.24, 2.45) is 0 Å². The maximum atomic E-state index is 12.7. The second-order valence-corrected chi connectivity index (χ2v) is 10.9. The fourth-order valence-electron chi connectivity index (χ4n) is 5.22. The number of aromatic nitrogens is 2. The first-order chi connectivity index (χ1) is 18.5. The zero-order chi connectivity index (χ0) is 28.1. The minimum absolute atomic E-state index is 0.253. The Morgan fingerprint density at radius 2 is 2.03 bits per heavy atom. The van der Waals surface area contributed by atoms with Crippen LogP contribution in [0.15, 0.2) is 28.9 Å². The quantitative estimate of drug-likeness (QED) is 0.359. The van der Waals surface area contributed by atoms with E-state index in [1.165, 1.54) is 0 Å². The summed E-state index contributed by atoms with van der Waals surface area (Å²) in [7, 11) is 1.61. The van der Waals surface area contributed by atoms with Crippen molar-refractivity contribution in [2.75, 3.05) is 25.9 Å². The van der Waals surface area contributed by atoms with Gasteiger partial charge in [-0.05, 0) is 65.2 Å². The Morgan fingerprint density at radius 1 is 1.26 bits per heavy atom. The van der Waals surface area contributed by atoms with Crippen LogP contribution in [0.2, 0.25) is 0 Å². The van der Waals surface area contributed by atoms with Crippen LogP contribution >= 0.6 is 0 Å². The molecule has 2 N–H and O–H groups in total. The molecule has 4 heterocycles. The number of anilines is 1. The topological polar surface area (TPSA) is 129 Å². The SMILES string of the molecule is COc1ccc(C)c(-n2c(N)c(C#N)c3c4occc4c(O[C@H]4CCCN(C(=O)OC(C)(C)C)C4)nc32)c1C. The number of nitriles is 1. The van der Waals surface area contributed by atoms with Crippen LogP contribution in [0.5, 0.6) is 11.6 Å². The van der Waals surface area contributed by atoms with Gasteiger partial charge in [0.05, 0.1) is 36.4 Å². The maximum Gasteiger partial charge on any atom is 0.410 e. The molecule has 1 aliphatic rings. The molecule has 0 bridgehead atoms. The van der Waals surface area contributed by atoms with E-state index >= 15 is 0 Å². The van der Waals surface area contributed by atoms with Crippen LogP contribution < -0.4 is 15.2 Å². The number of fused-ring (bicyclic) bond motifs is 3. The lowest BCUT2D eigenvalue weighted by atomic mass is 10.1. The Labute approximate surface area is 226 Å². The summed E-state index contributed by atoms with van der Waals surface area (Å²) in [5.41, 5.74) is 9.78. The van der Waals surface area contributed by atoms with E-state index in [1.54, 1.807) is 28.9 Å². The van der Waals surface area contributed by atoms with E-state index in [9.17, 15) is 10.1 Å². The average molecular weight is 532 g/mol. The molecule has 0 spiro atoms. The molecule has 204 valence electrons. The van der Waals surface area contributed by atoms with Gasteiger partial charge >= 0.3 is 6.09 Å². The number of hydrogen-bond donors (Lipinski definition) is 1. The van der Waals surface area contributed by atoms with Crippen LogP contribution in [0.3, 0.4) is 0 Å². The summed E-state index contributed by atoms with van der Waals surface area (Å²) in [6.45, 7) is 10.4. The van der Waals surface area contributed by atoms with Crippen molar-refractivity contribution < 1.29 is 23.4 Å². The summed E-state index contributed by atoms with van der Waals surface area (Å²) in [5, 5.41) is 11.2. The maximum absolute atomic E-state index is 12.7. The number of ether oxygens (including phenoxy) is 3. The second kappa shape index (κ2) is 9.73. The first-order valence-corrected chi connectivity index (χ1v) is 12.9. The van der Waals surface area contributed by atoms with E-state index in [1.807, 2.05) is 46.8 Å². The summed E-state index contributed by atoms with van der Waals surface area (Å²) < 4.78 is 25.2. The molecule has 1 aromatic carbocycles. The Bertz CT molecular complexity index is 1620. The van der Waals surface area contributed by atoms with Gasteiger partial charge < -0.3 is 29.3 Å². The van der Waals surface area contributed by atoms with Crippen molar-refractivity contribution in [1.82, 2.24) is 14.5 Å². The average Bonchev–Trinajstić information content (AvgIpc) is 3.47. The van der Waals surface area contributed by atoms with Crippen LogP contribution in [0, 0.1) is 25.2 Å². The van der Waals surface area contributed by atoms with Crippen molar-refractivity contribution in [3.63, 3.8) is 0 Å². The number of benzene rings is 1. The molecule has 1 aliphatic heterocycles. The largest absolute Gasteiger partial charge is 0.496 e. The molecule has 0 saturated carbocycles. The molecule has 0 unspecified atom stereocenters. The lowest BCUT2D eigenvalue weighted by Gasteiger charge is -2.34. The number of likely N-dealkylation sites (tertiary alicyclic amines) is 1. The number of hydrogen-bond acceptors (Lipinski definition) is 8. The highest BCUT2D eigenvalue weighted by atomic mass is 16.6. The third-order valence-electron chi connectivity index (χ3n) is 6.96. The number of rotatable bonds is 4. The Balaban J connectivity index is 1.63. The smallest absolute Gasteiger partial charge is 0.410 e. The van der Waals surface area contributed by atoms with Crippen molar-refractivity contribution in [1.29, 1.82) is 5.26 Å². The molecule has 1 fully saturated rings. The molecular formula is C29H33N5O5. The number of furan rings is 1. The van der Waals surface area contributed by atoms with Gasteiger partial charge in [-0.2, -0.15) is 10.2 Å². The second-order valence-electron chi connectivity index (χ2n) is 10.9. The molecule has 5 rings (SSSR count). The molecule has 3 aromatic heterocycles. The molecule has 0 aliphatic carbocycles. The number of aryl methyl sites for hydroxylation is 1. The normalized spacial score (nSPS) is 15.9. The van der Waals surface area contributed by atoms with Gasteiger partial charge in [0, 0.05) is 12.1 Å².